The van der Waals surface area contributed by atoms with Gasteiger partial charge in [-0.25, -0.2) is 0 Å². The van der Waals surface area contributed by atoms with Crippen molar-refractivity contribution in [3.8, 4) is 5.75 Å². The van der Waals surface area contributed by atoms with Crippen LogP contribution in [0.5, 0.6) is 5.75 Å². The fourth-order valence-corrected chi connectivity index (χ4v) is 2.78. The van der Waals surface area contributed by atoms with Crippen LogP contribution in [0.4, 0.5) is 5.69 Å². The number of benzene rings is 2. The number of nitrogens with one attached hydrogen (secondary N) is 1. The first kappa shape index (κ1) is 13.5. The monoisotopic (exact) mass is 282 g/mol. The summed E-state index contributed by atoms with van der Waals surface area (Å²) < 4.78 is 0. The molecule has 0 saturated carbocycles. The number of hydrogen-bond acceptors (Lipinski definition) is 3. The lowest BCUT2D eigenvalue weighted by Crippen LogP contribution is -2.32. The van der Waals surface area contributed by atoms with Crippen molar-refractivity contribution in [3.05, 3.63) is 59.7 Å². The van der Waals surface area contributed by atoms with Crippen LogP contribution in [-0.2, 0) is 11.3 Å². The van der Waals surface area contributed by atoms with E-state index in [0.29, 0.717) is 13.1 Å². The van der Waals surface area contributed by atoms with Gasteiger partial charge in [-0.1, -0.05) is 30.3 Å². The zero-order chi connectivity index (χ0) is 14.8. The normalized spacial score (nSPS) is 16.1. The quantitative estimate of drug-likeness (QED) is 0.909. The molecular weight excluding hydrogens is 264 g/mol. The molecular formula is C17H18N2O2. The Morgan fingerprint density at radius 2 is 2.10 bits per heavy atom. The number of amides is 1. The van der Waals surface area contributed by atoms with Crippen LogP contribution in [0.15, 0.2) is 48.5 Å². The van der Waals surface area contributed by atoms with Crippen LogP contribution in [0.3, 0.4) is 0 Å². The minimum Gasteiger partial charge on any atom is -0.508 e. The second-order valence-corrected chi connectivity index (χ2v) is 5.38. The molecule has 0 radical (unpaired) electrons. The van der Waals surface area contributed by atoms with Gasteiger partial charge in [0, 0.05) is 25.8 Å². The summed E-state index contributed by atoms with van der Waals surface area (Å²) in [7, 11) is 1.80. The molecule has 1 aliphatic heterocycles. The van der Waals surface area contributed by atoms with Crippen molar-refractivity contribution in [1.82, 2.24) is 4.90 Å². The first-order chi connectivity index (χ1) is 10.1. The van der Waals surface area contributed by atoms with Crippen LogP contribution in [0, 0.1) is 0 Å². The maximum Gasteiger partial charge on any atom is 0.232 e. The van der Waals surface area contributed by atoms with Crippen LogP contribution >= 0.6 is 0 Å². The molecule has 2 N–H and O–H groups in total. The Hall–Kier alpha value is -2.49. The van der Waals surface area contributed by atoms with Gasteiger partial charge in [0.1, 0.15) is 5.75 Å². The SMILES string of the molecule is CN(Cc1cccc(O)c1)C(=O)C1CNc2ccccc21. The zero-order valence-corrected chi connectivity index (χ0v) is 11.9. The maximum atomic E-state index is 12.6. The summed E-state index contributed by atoms with van der Waals surface area (Å²) in [5.41, 5.74) is 3.02. The second kappa shape index (κ2) is 5.48. The summed E-state index contributed by atoms with van der Waals surface area (Å²) >= 11 is 0. The van der Waals surface area contributed by atoms with Gasteiger partial charge in [0.05, 0.1) is 5.92 Å². The van der Waals surface area contributed by atoms with Crippen molar-refractivity contribution in [1.29, 1.82) is 0 Å². The van der Waals surface area contributed by atoms with Crippen LogP contribution in [0.25, 0.3) is 0 Å². The molecule has 0 aromatic heterocycles. The molecule has 1 heterocycles. The van der Waals surface area contributed by atoms with E-state index >= 15 is 0 Å². The first-order valence-electron chi connectivity index (χ1n) is 7.01. The summed E-state index contributed by atoms with van der Waals surface area (Å²) in [5, 5.41) is 12.8. The Bertz CT molecular complexity index is 669. The smallest absolute Gasteiger partial charge is 0.232 e. The Morgan fingerprint density at radius 1 is 1.29 bits per heavy atom. The zero-order valence-electron chi connectivity index (χ0n) is 11.9. The number of nitrogens with zero attached hydrogens (tertiary/aromatic N) is 1. The Labute approximate surface area is 124 Å². The molecule has 21 heavy (non-hydrogen) atoms. The molecule has 1 unspecified atom stereocenters. The lowest BCUT2D eigenvalue weighted by molar-refractivity contribution is -0.131. The molecule has 2 aromatic rings. The topological polar surface area (TPSA) is 52.6 Å². The third kappa shape index (κ3) is 2.70. The third-order valence-corrected chi connectivity index (χ3v) is 3.84. The van der Waals surface area contributed by atoms with Gasteiger partial charge in [-0.05, 0) is 29.3 Å². The molecule has 3 rings (SSSR count). The van der Waals surface area contributed by atoms with Crippen molar-refractivity contribution < 1.29 is 9.90 Å². The van der Waals surface area contributed by atoms with E-state index in [2.05, 4.69) is 5.32 Å². The highest BCUT2D eigenvalue weighted by Gasteiger charge is 2.30. The minimum absolute atomic E-state index is 0.0933. The van der Waals surface area contributed by atoms with Gasteiger partial charge in [-0.2, -0.15) is 0 Å². The molecule has 1 amide bonds. The van der Waals surface area contributed by atoms with E-state index in [1.807, 2.05) is 30.3 Å². The van der Waals surface area contributed by atoms with E-state index in [1.165, 1.54) is 0 Å². The number of para-hydroxylation sites is 1. The first-order valence-corrected chi connectivity index (χ1v) is 7.01. The summed E-state index contributed by atoms with van der Waals surface area (Å²) in [4.78, 5) is 14.3. The molecule has 108 valence electrons. The van der Waals surface area contributed by atoms with Gasteiger partial charge >= 0.3 is 0 Å². The van der Waals surface area contributed by atoms with Crippen molar-refractivity contribution in [2.24, 2.45) is 0 Å². The molecule has 1 atom stereocenters. The summed E-state index contributed by atoms with van der Waals surface area (Å²) in [6.07, 6.45) is 0. The summed E-state index contributed by atoms with van der Waals surface area (Å²) in [6.45, 7) is 1.13. The number of carbonyl (C=O) groups is 1. The Kier molecular flexibility index (Phi) is 3.52. The fraction of sp³-hybridized carbons (Fsp3) is 0.235. The van der Waals surface area contributed by atoms with E-state index in [4.69, 9.17) is 0 Å². The fourth-order valence-electron chi connectivity index (χ4n) is 2.78. The molecule has 2 aromatic carbocycles. The molecule has 4 nitrogen and oxygen atoms in total. The lowest BCUT2D eigenvalue weighted by atomic mass is 10.00. The Morgan fingerprint density at radius 3 is 2.90 bits per heavy atom. The average Bonchev–Trinajstić information content (AvgIpc) is 2.90. The number of likely N-dealkylation sites (N-methyl/N-ethyl adjacent to an activating group) is 1. The second-order valence-electron chi connectivity index (χ2n) is 5.38. The van der Waals surface area contributed by atoms with Crippen LogP contribution < -0.4 is 5.32 Å². The summed E-state index contributed by atoms with van der Waals surface area (Å²) in [5.74, 6) is 0.181. The third-order valence-electron chi connectivity index (χ3n) is 3.84. The highest BCUT2D eigenvalue weighted by molar-refractivity contribution is 5.88. The van der Waals surface area contributed by atoms with E-state index < -0.39 is 0 Å². The molecule has 0 spiro atoms. The predicted molar refractivity (Wildman–Crippen MR) is 82.3 cm³/mol. The van der Waals surface area contributed by atoms with Crippen LogP contribution in [-0.4, -0.2) is 29.5 Å². The number of carbonyl (C=O) groups excluding carboxylic acids is 1. The van der Waals surface area contributed by atoms with Gasteiger partial charge in [-0.15, -0.1) is 0 Å². The van der Waals surface area contributed by atoms with Gasteiger partial charge in [-0.3, -0.25) is 4.79 Å². The Balaban J connectivity index is 1.74. The molecule has 1 aliphatic rings. The van der Waals surface area contributed by atoms with E-state index in [-0.39, 0.29) is 17.6 Å². The van der Waals surface area contributed by atoms with Crippen molar-refractivity contribution in [3.63, 3.8) is 0 Å². The average molecular weight is 282 g/mol. The lowest BCUT2D eigenvalue weighted by Gasteiger charge is -2.21. The highest BCUT2D eigenvalue weighted by atomic mass is 16.3. The summed E-state index contributed by atoms with van der Waals surface area (Å²) in [6, 6.07) is 14.9. The minimum atomic E-state index is -0.136. The number of rotatable bonds is 3. The van der Waals surface area contributed by atoms with E-state index in [1.54, 1.807) is 30.1 Å². The number of anilines is 1. The number of hydrogen-bond donors (Lipinski definition) is 2. The molecule has 0 saturated heterocycles. The largest absolute Gasteiger partial charge is 0.508 e. The maximum absolute atomic E-state index is 12.6. The van der Waals surface area contributed by atoms with E-state index in [9.17, 15) is 9.90 Å². The van der Waals surface area contributed by atoms with Crippen molar-refractivity contribution in [2.75, 3.05) is 18.9 Å². The van der Waals surface area contributed by atoms with E-state index in [0.717, 1.165) is 16.8 Å². The molecule has 4 heteroatoms. The number of phenols is 1. The predicted octanol–water partition coefficient (Wildman–Crippen LogP) is 2.56. The number of phenolic OH excluding ortho intramolecular Hbond substituents is 1. The number of fused-ring (bicyclic) bond motifs is 1. The standard InChI is InChI=1S/C17H18N2O2/c1-19(11-12-5-4-6-13(20)9-12)17(21)15-10-18-16-8-3-2-7-14(15)16/h2-9,15,18,20H,10-11H2,1H3. The highest BCUT2D eigenvalue weighted by Crippen LogP contribution is 2.32. The number of aromatic hydroxyl groups is 1. The van der Waals surface area contributed by atoms with Gasteiger partial charge < -0.3 is 15.3 Å². The van der Waals surface area contributed by atoms with Crippen molar-refractivity contribution >= 4 is 11.6 Å². The molecule has 0 aliphatic carbocycles. The molecule has 0 bridgehead atoms. The van der Waals surface area contributed by atoms with Crippen molar-refractivity contribution in [2.45, 2.75) is 12.5 Å². The molecule has 0 fully saturated rings. The van der Waals surface area contributed by atoms with Crippen LogP contribution in [0.1, 0.15) is 17.0 Å². The van der Waals surface area contributed by atoms with Crippen LogP contribution in [0.2, 0.25) is 0 Å². The van der Waals surface area contributed by atoms with Gasteiger partial charge in [0.15, 0.2) is 0 Å². The van der Waals surface area contributed by atoms with Gasteiger partial charge in [0.2, 0.25) is 5.91 Å². The van der Waals surface area contributed by atoms with Gasteiger partial charge in [0.25, 0.3) is 0 Å².